The van der Waals surface area contributed by atoms with E-state index in [1.54, 1.807) is 0 Å². The van der Waals surface area contributed by atoms with Crippen LogP contribution in [0.25, 0.3) is 0 Å². The Labute approximate surface area is 137 Å². The highest BCUT2D eigenvalue weighted by Crippen LogP contribution is 2.19. The van der Waals surface area contributed by atoms with Gasteiger partial charge >= 0.3 is 6.03 Å². The summed E-state index contributed by atoms with van der Waals surface area (Å²) in [6.07, 6.45) is 1.77. The third-order valence-electron chi connectivity index (χ3n) is 3.90. The van der Waals surface area contributed by atoms with Crippen LogP contribution in [0.3, 0.4) is 0 Å². The van der Waals surface area contributed by atoms with Gasteiger partial charge in [0.15, 0.2) is 0 Å². The van der Waals surface area contributed by atoms with E-state index in [1.165, 1.54) is 5.56 Å². The molecule has 122 valence electrons. The molecule has 0 spiro atoms. The highest BCUT2D eigenvalue weighted by molar-refractivity contribution is 5.90. The van der Waals surface area contributed by atoms with E-state index < -0.39 is 6.04 Å². The van der Waals surface area contributed by atoms with Gasteiger partial charge < -0.3 is 15.7 Å². The summed E-state index contributed by atoms with van der Waals surface area (Å²) in [4.78, 5) is 12.3. The highest BCUT2D eigenvalue weighted by atomic mass is 16.3. The van der Waals surface area contributed by atoms with Crippen molar-refractivity contribution in [1.29, 1.82) is 0 Å². The first-order valence-corrected chi connectivity index (χ1v) is 8.03. The van der Waals surface area contributed by atoms with Crippen LogP contribution in [0, 0.1) is 0 Å². The zero-order valence-corrected chi connectivity index (χ0v) is 13.7. The Kier molecular flexibility index (Phi) is 6.18. The summed E-state index contributed by atoms with van der Waals surface area (Å²) in [7, 11) is 0. The summed E-state index contributed by atoms with van der Waals surface area (Å²) >= 11 is 0. The van der Waals surface area contributed by atoms with Crippen molar-refractivity contribution >= 4 is 11.7 Å². The Morgan fingerprint density at radius 2 is 1.83 bits per heavy atom. The molecule has 4 nitrogen and oxygen atoms in total. The van der Waals surface area contributed by atoms with Gasteiger partial charge in [0.2, 0.25) is 0 Å². The number of carbonyl (C=O) groups is 1. The first-order chi connectivity index (χ1) is 11.2. The van der Waals surface area contributed by atoms with Gasteiger partial charge in [-0.3, -0.25) is 0 Å². The average Bonchev–Trinajstić information content (AvgIpc) is 2.60. The van der Waals surface area contributed by atoms with Crippen LogP contribution in [0.4, 0.5) is 10.5 Å². The maximum atomic E-state index is 12.3. The van der Waals surface area contributed by atoms with Crippen LogP contribution in [-0.2, 0) is 12.8 Å². The molecular formula is C19H24N2O2. The zero-order chi connectivity index (χ0) is 16.7. The molecule has 0 fully saturated rings. The second-order valence-corrected chi connectivity index (χ2v) is 5.44. The molecule has 0 aliphatic heterocycles. The van der Waals surface area contributed by atoms with Crippen molar-refractivity contribution < 1.29 is 9.90 Å². The van der Waals surface area contributed by atoms with Gasteiger partial charge in [-0.1, -0.05) is 56.3 Å². The second-order valence-electron chi connectivity index (χ2n) is 5.44. The molecule has 23 heavy (non-hydrogen) atoms. The van der Waals surface area contributed by atoms with Gasteiger partial charge in [-0.25, -0.2) is 4.79 Å². The van der Waals surface area contributed by atoms with Crippen molar-refractivity contribution in [2.24, 2.45) is 0 Å². The van der Waals surface area contributed by atoms with Crippen molar-refractivity contribution in [3.05, 3.63) is 65.2 Å². The number of urea groups is 1. The first-order valence-electron chi connectivity index (χ1n) is 8.03. The van der Waals surface area contributed by atoms with E-state index in [4.69, 9.17) is 0 Å². The molecule has 2 amide bonds. The minimum atomic E-state index is -0.421. The molecule has 4 heteroatoms. The molecule has 3 N–H and O–H groups in total. The van der Waals surface area contributed by atoms with Crippen LogP contribution in [0.1, 0.15) is 36.6 Å². The van der Waals surface area contributed by atoms with Crippen molar-refractivity contribution in [3.8, 4) is 0 Å². The number of anilines is 1. The molecular weight excluding hydrogens is 288 g/mol. The maximum absolute atomic E-state index is 12.3. The number of aliphatic hydroxyl groups excluding tert-OH is 1. The molecule has 0 heterocycles. The van der Waals surface area contributed by atoms with Gasteiger partial charge in [0, 0.05) is 5.69 Å². The standard InChI is InChI=1S/C19H24N2O2/c1-3-14-10-11-15(4-2)17(12-14)20-19(23)21-18(13-22)16-8-6-5-7-9-16/h5-12,18,22H,3-4,13H2,1-2H3,(H2,20,21,23)/t18-/m1/s1. The van der Waals surface area contributed by atoms with Crippen molar-refractivity contribution in [2.45, 2.75) is 32.7 Å². The van der Waals surface area contributed by atoms with E-state index in [-0.39, 0.29) is 12.6 Å². The van der Waals surface area contributed by atoms with Crippen LogP contribution < -0.4 is 10.6 Å². The Morgan fingerprint density at radius 3 is 2.43 bits per heavy atom. The Balaban J connectivity index is 2.09. The molecule has 1 atom stereocenters. The third-order valence-corrected chi connectivity index (χ3v) is 3.90. The fraction of sp³-hybridized carbons (Fsp3) is 0.316. The van der Waals surface area contributed by atoms with Gasteiger partial charge in [-0.15, -0.1) is 0 Å². The van der Waals surface area contributed by atoms with E-state index in [0.29, 0.717) is 0 Å². The number of amides is 2. The topological polar surface area (TPSA) is 61.4 Å². The number of rotatable bonds is 6. The lowest BCUT2D eigenvalue weighted by Crippen LogP contribution is -2.34. The molecule has 0 bridgehead atoms. The number of hydrogen-bond acceptors (Lipinski definition) is 2. The summed E-state index contributed by atoms with van der Waals surface area (Å²) in [6.45, 7) is 4.00. The summed E-state index contributed by atoms with van der Waals surface area (Å²) in [5.74, 6) is 0. The fourth-order valence-corrected chi connectivity index (χ4v) is 2.50. The number of carbonyl (C=O) groups excluding carboxylic acids is 1. The van der Waals surface area contributed by atoms with Gasteiger partial charge in [-0.05, 0) is 35.6 Å². The molecule has 0 aliphatic carbocycles. The van der Waals surface area contributed by atoms with Crippen LogP contribution in [0.5, 0.6) is 0 Å². The van der Waals surface area contributed by atoms with Gasteiger partial charge in [0.1, 0.15) is 0 Å². The summed E-state index contributed by atoms with van der Waals surface area (Å²) in [5, 5.41) is 15.3. The molecule has 0 aromatic heterocycles. The predicted molar refractivity (Wildman–Crippen MR) is 93.6 cm³/mol. The number of aryl methyl sites for hydroxylation is 2. The Morgan fingerprint density at radius 1 is 1.09 bits per heavy atom. The highest BCUT2D eigenvalue weighted by Gasteiger charge is 2.14. The monoisotopic (exact) mass is 312 g/mol. The van der Waals surface area contributed by atoms with Gasteiger partial charge in [0.05, 0.1) is 12.6 Å². The van der Waals surface area contributed by atoms with E-state index in [9.17, 15) is 9.90 Å². The minimum absolute atomic E-state index is 0.146. The van der Waals surface area contributed by atoms with E-state index in [0.717, 1.165) is 29.7 Å². The van der Waals surface area contributed by atoms with Crippen LogP contribution in [0.15, 0.2) is 48.5 Å². The van der Waals surface area contributed by atoms with Crippen LogP contribution >= 0.6 is 0 Å². The van der Waals surface area contributed by atoms with E-state index in [2.05, 4.69) is 36.6 Å². The van der Waals surface area contributed by atoms with Crippen molar-refractivity contribution in [2.75, 3.05) is 11.9 Å². The first kappa shape index (κ1) is 17.0. The number of nitrogens with one attached hydrogen (secondary N) is 2. The van der Waals surface area contributed by atoms with Crippen molar-refractivity contribution in [3.63, 3.8) is 0 Å². The summed E-state index contributed by atoms with van der Waals surface area (Å²) in [6, 6.07) is 14.9. The minimum Gasteiger partial charge on any atom is -0.394 e. The number of hydrogen-bond donors (Lipinski definition) is 3. The largest absolute Gasteiger partial charge is 0.394 e. The SMILES string of the molecule is CCc1ccc(CC)c(NC(=O)N[C@H](CO)c2ccccc2)c1. The van der Waals surface area contributed by atoms with Crippen LogP contribution in [0.2, 0.25) is 0 Å². The number of benzene rings is 2. The lowest BCUT2D eigenvalue weighted by atomic mass is 10.1. The second kappa shape index (κ2) is 8.34. The van der Waals surface area contributed by atoms with Crippen molar-refractivity contribution in [1.82, 2.24) is 5.32 Å². The average molecular weight is 312 g/mol. The van der Waals surface area contributed by atoms with Crippen LogP contribution in [-0.4, -0.2) is 17.7 Å². The fourth-order valence-electron chi connectivity index (χ4n) is 2.50. The maximum Gasteiger partial charge on any atom is 0.319 e. The molecule has 2 aromatic carbocycles. The molecule has 0 saturated heterocycles. The molecule has 0 saturated carbocycles. The Hall–Kier alpha value is -2.33. The zero-order valence-electron chi connectivity index (χ0n) is 13.7. The predicted octanol–water partition coefficient (Wildman–Crippen LogP) is 3.67. The van der Waals surface area contributed by atoms with E-state index >= 15 is 0 Å². The Bertz CT molecular complexity index is 641. The van der Waals surface area contributed by atoms with Gasteiger partial charge in [-0.2, -0.15) is 0 Å². The molecule has 2 aromatic rings. The number of aliphatic hydroxyl groups is 1. The quantitative estimate of drug-likeness (QED) is 0.762. The van der Waals surface area contributed by atoms with E-state index in [1.807, 2.05) is 36.4 Å². The summed E-state index contributed by atoms with van der Waals surface area (Å²) in [5.41, 5.74) is 3.98. The lowest BCUT2D eigenvalue weighted by Gasteiger charge is -2.18. The molecule has 0 radical (unpaired) electrons. The van der Waals surface area contributed by atoms with Gasteiger partial charge in [0.25, 0.3) is 0 Å². The summed E-state index contributed by atoms with van der Waals surface area (Å²) < 4.78 is 0. The third kappa shape index (κ3) is 4.57. The molecule has 2 rings (SSSR count). The molecule has 0 aliphatic rings. The lowest BCUT2D eigenvalue weighted by molar-refractivity contribution is 0.225. The normalized spacial score (nSPS) is 11.8. The smallest absolute Gasteiger partial charge is 0.319 e. The molecule has 0 unspecified atom stereocenters.